The molecule has 1 saturated heterocycles. The average molecular weight is 277 g/mol. The van der Waals surface area contributed by atoms with Gasteiger partial charge in [-0.25, -0.2) is 0 Å². The number of rotatable bonds is 8. The van der Waals surface area contributed by atoms with Gasteiger partial charge in [0.05, 0.1) is 12.7 Å². The normalized spacial score (nSPS) is 20.0. The first kappa shape index (κ1) is 15.3. The Balaban J connectivity index is 1.73. The SMILES string of the molecule is CCCNC(C)c1ccc(OCCC2CCCO2)cc1. The Morgan fingerprint density at radius 2 is 2.15 bits per heavy atom. The molecule has 1 fully saturated rings. The number of benzene rings is 1. The van der Waals surface area contributed by atoms with Crippen LogP contribution in [0.1, 0.15) is 51.1 Å². The predicted octanol–water partition coefficient (Wildman–Crippen LogP) is 3.70. The van der Waals surface area contributed by atoms with E-state index >= 15 is 0 Å². The van der Waals surface area contributed by atoms with Crippen molar-refractivity contribution in [3.8, 4) is 5.75 Å². The topological polar surface area (TPSA) is 30.5 Å². The summed E-state index contributed by atoms with van der Waals surface area (Å²) >= 11 is 0. The van der Waals surface area contributed by atoms with E-state index in [0.29, 0.717) is 12.1 Å². The Kier molecular flexibility index (Phi) is 6.34. The fraction of sp³-hybridized carbons (Fsp3) is 0.647. The molecule has 20 heavy (non-hydrogen) atoms. The van der Waals surface area contributed by atoms with Gasteiger partial charge in [0, 0.05) is 19.1 Å². The van der Waals surface area contributed by atoms with Crippen molar-refractivity contribution in [2.45, 2.75) is 51.7 Å². The van der Waals surface area contributed by atoms with Crippen molar-refractivity contribution in [2.75, 3.05) is 19.8 Å². The van der Waals surface area contributed by atoms with Crippen LogP contribution in [0, 0.1) is 0 Å². The molecule has 0 bridgehead atoms. The highest BCUT2D eigenvalue weighted by Crippen LogP contribution is 2.19. The van der Waals surface area contributed by atoms with Crippen LogP contribution >= 0.6 is 0 Å². The van der Waals surface area contributed by atoms with Crippen LogP contribution in [0.2, 0.25) is 0 Å². The molecular formula is C17H27NO2. The van der Waals surface area contributed by atoms with Crippen molar-refractivity contribution in [1.82, 2.24) is 5.32 Å². The van der Waals surface area contributed by atoms with Crippen molar-refractivity contribution in [3.05, 3.63) is 29.8 Å². The summed E-state index contributed by atoms with van der Waals surface area (Å²) in [6, 6.07) is 8.82. The van der Waals surface area contributed by atoms with Gasteiger partial charge in [0.25, 0.3) is 0 Å². The summed E-state index contributed by atoms with van der Waals surface area (Å²) in [4.78, 5) is 0. The average Bonchev–Trinajstić information content (AvgIpc) is 2.99. The van der Waals surface area contributed by atoms with Gasteiger partial charge in [-0.2, -0.15) is 0 Å². The summed E-state index contributed by atoms with van der Waals surface area (Å²) in [5, 5.41) is 3.49. The van der Waals surface area contributed by atoms with Gasteiger partial charge in [0.2, 0.25) is 0 Å². The van der Waals surface area contributed by atoms with Crippen LogP contribution in [-0.2, 0) is 4.74 Å². The van der Waals surface area contributed by atoms with Gasteiger partial charge in [0.1, 0.15) is 5.75 Å². The van der Waals surface area contributed by atoms with E-state index in [1.807, 2.05) is 0 Å². The molecule has 1 N–H and O–H groups in total. The Hall–Kier alpha value is -1.06. The molecule has 112 valence electrons. The van der Waals surface area contributed by atoms with Gasteiger partial charge >= 0.3 is 0 Å². The highest BCUT2D eigenvalue weighted by atomic mass is 16.5. The van der Waals surface area contributed by atoms with E-state index in [-0.39, 0.29) is 0 Å². The van der Waals surface area contributed by atoms with E-state index < -0.39 is 0 Å². The molecule has 0 aromatic heterocycles. The fourth-order valence-electron chi connectivity index (χ4n) is 2.51. The maximum atomic E-state index is 5.78. The molecule has 0 amide bonds. The van der Waals surface area contributed by atoms with E-state index in [1.54, 1.807) is 0 Å². The second-order valence-electron chi connectivity index (χ2n) is 5.52. The molecular weight excluding hydrogens is 250 g/mol. The first-order chi connectivity index (χ1) is 9.79. The largest absolute Gasteiger partial charge is 0.493 e. The van der Waals surface area contributed by atoms with Gasteiger partial charge in [-0.1, -0.05) is 19.1 Å². The second-order valence-corrected chi connectivity index (χ2v) is 5.52. The highest BCUT2D eigenvalue weighted by molar-refractivity contribution is 5.28. The third-order valence-corrected chi connectivity index (χ3v) is 3.81. The summed E-state index contributed by atoms with van der Waals surface area (Å²) in [7, 11) is 0. The molecule has 3 heteroatoms. The summed E-state index contributed by atoms with van der Waals surface area (Å²) < 4.78 is 11.4. The van der Waals surface area contributed by atoms with Crippen LogP contribution in [0.15, 0.2) is 24.3 Å². The van der Waals surface area contributed by atoms with Crippen molar-refractivity contribution >= 4 is 0 Å². The van der Waals surface area contributed by atoms with E-state index in [1.165, 1.54) is 18.4 Å². The third-order valence-electron chi connectivity index (χ3n) is 3.81. The number of nitrogens with one attached hydrogen (secondary N) is 1. The first-order valence-corrected chi connectivity index (χ1v) is 7.87. The molecule has 2 unspecified atom stereocenters. The van der Waals surface area contributed by atoms with Gasteiger partial charge in [-0.05, 0) is 50.4 Å². The van der Waals surface area contributed by atoms with Crippen molar-refractivity contribution in [2.24, 2.45) is 0 Å². The minimum absolute atomic E-state index is 0.399. The van der Waals surface area contributed by atoms with Gasteiger partial charge < -0.3 is 14.8 Å². The van der Waals surface area contributed by atoms with Crippen LogP contribution in [0.4, 0.5) is 0 Å². The van der Waals surface area contributed by atoms with Gasteiger partial charge in [-0.15, -0.1) is 0 Å². The summed E-state index contributed by atoms with van der Waals surface area (Å²) in [6.07, 6.45) is 4.95. The molecule has 1 aliphatic heterocycles. The molecule has 1 aromatic carbocycles. The molecule has 2 atom stereocenters. The third kappa shape index (κ3) is 4.80. The summed E-state index contributed by atoms with van der Waals surface area (Å²) in [5.74, 6) is 0.953. The smallest absolute Gasteiger partial charge is 0.119 e. The quantitative estimate of drug-likeness (QED) is 0.786. The van der Waals surface area contributed by atoms with E-state index in [0.717, 1.165) is 38.3 Å². The monoisotopic (exact) mass is 277 g/mol. The van der Waals surface area contributed by atoms with Crippen LogP contribution < -0.4 is 10.1 Å². The van der Waals surface area contributed by atoms with Crippen molar-refractivity contribution in [3.63, 3.8) is 0 Å². The van der Waals surface area contributed by atoms with Gasteiger partial charge in [0.15, 0.2) is 0 Å². The van der Waals surface area contributed by atoms with Crippen LogP contribution in [0.3, 0.4) is 0 Å². The van der Waals surface area contributed by atoms with Crippen LogP contribution in [0.25, 0.3) is 0 Å². The second kappa shape index (κ2) is 8.28. The maximum absolute atomic E-state index is 5.78. The molecule has 3 nitrogen and oxygen atoms in total. The summed E-state index contributed by atoms with van der Waals surface area (Å²) in [6.45, 7) is 7.10. The lowest BCUT2D eigenvalue weighted by molar-refractivity contribution is 0.0903. The van der Waals surface area contributed by atoms with Crippen LogP contribution in [-0.4, -0.2) is 25.9 Å². The molecule has 0 radical (unpaired) electrons. The first-order valence-electron chi connectivity index (χ1n) is 7.87. The number of hydrogen-bond donors (Lipinski definition) is 1. The lowest BCUT2D eigenvalue weighted by Gasteiger charge is -2.15. The Bertz CT molecular complexity index is 371. The highest BCUT2D eigenvalue weighted by Gasteiger charge is 2.15. The number of ether oxygens (including phenoxy) is 2. The number of hydrogen-bond acceptors (Lipinski definition) is 3. The minimum Gasteiger partial charge on any atom is -0.493 e. The lowest BCUT2D eigenvalue weighted by atomic mass is 10.1. The predicted molar refractivity (Wildman–Crippen MR) is 82.2 cm³/mol. The van der Waals surface area contributed by atoms with Gasteiger partial charge in [-0.3, -0.25) is 0 Å². The van der Waals surface area contributed by atoms with E-state index in [9.17, 15) is 0 Å². The van der Waals surface area contributed by atoms with Crippen molar-refractivity contribution in [1.29, 1.82) is 0 Å². The summed E-state index contributed by atoms with van der Waals surface area (Å²) in [5.41, 5.74) is 1.31. The van der Waals surface area contributed by atoms with E-state index in [4.69, 9.17) is 9.47 Å². The fourth-order valence-corrected chi connectivity index (χ4v) is 2.51. The van der Waals surface area contributed by atoms with E-state index in [2.05, 4.69) is 43.4 Å². The molecule has 0 saturated carbocycles. The molecule has 0 spiro atoms. The Morgan fingerprint density at radius 1 is 1.35 bits per heavy atom. The Morgan fingerprint density at radius 3 is 2.80 bits per heavy atom. The zero-order valence-electron chi connectivity index (χ0n) is 12.7. The zero-order chi connectivity index (χ0) is 14.2. The van der Waals surface area contributed by atoms with Crippen LogP contribution in [0.5, 0.6) is 5.75 Å². The van der Waals surface area contributed by atoms with Crippen molar-refractivity contribution < 1.29 is 9.47 Å². The molecule has 1 heterocycles. The minimum atomic E-state index is 0.399. The zero-order valence-corrected chi connectivity index (χ0v) is 12.7. The lowest BCUT2D eigenvalue weighted by Crippen LogP contribution is -2.19. The Labute approximate surface area is 122 Å². The molecule has 0 aliphatic carbocycles. The molecule has 2 rings (SSSR count). The molecule has 1 aromatic rings. The standard InChI is InChI=1S/C17H27NO2/c1-3-11-18-14(2)15-6-8-17(9-7-15)20-13-10-16-5-4-12-19-16/h6-9,14,16,18H,3-5,10-13H2,1-2H3. The maximum Gasteiger partial charge on any atom is 0.119 e. The molecule has 1 aliphatic rings.